The third-order valence-corrected chi connectivity index (χ3v) is 22.8. The van der Waals surface area contributed by atoms with E-state index in [0.717, 1.165) is 89.0 Å². The molecule has 0 fully saturated rings. The summed E-state index contributed by atoms with van der Waals surface area (Å²) in [6.07, 6.45) is 50.1. The zero-order valence-electron chi connectivity index (χ0n) is 76.3. The van der Waals surface area contributed by atoms with Crippen LogP contribution in [0.15, 0.2) is 29.1 Å². The Kier molecular flexibility index (Phi) is 59.8. The van der Waals surface area contributed by atoms with Gasteiger partial charge in [0.05, 0.1) is 12.6 Å². The minimum atomic E-state index is -0.820. The summed E-state index contributed by atoms with van der Waals surface area (Å²) in [5.74, 6) is -0.487. The van der Waals surface area contributed by atoms with Crippen molar-refractivity contribution in [1.29, 1.82) is 0 Å². The van der Waals surface area contributed by atoms with Crippen LogP contribution in [-0.4, -0.2) is 158 Å². The molecule has 0 radical (unpaired) electrons. The normalized spacial score (nSPS) is 12.2. The summed E-state index contributed by atoms with van der Waals surface area (Å²) in [5.41, 5.74) is 6.12. The van der Waals surface area contributed by atoms with Crippen LogP contribution in [0.5, 0.6) is 0 Å². The van der Waals surface area contributed by atoms with Gasteiger partial charge < -0.3 is 55.4 Å². The predicted octanol–water partition coefficient (Wildman–Crippen LogP) is 22.5. The molecule has 0 bridgehead atoms. The number of carbonyl (C=O) groups excluding carboxylic acids is 8. The smallest absolute Gasteiger partial charge is 0.410 e. The number of rotatable bonds is 75. The maximum atomic E-state index is 14.4. The molecule has 3 rings (SSSR count). The number of H-pyrrole nitrogens is 1. The Hall–Kier alpha value is -6.72. The number of imidazole rings is 1. The van der Waals surface area contributed by atoms with E-state index in [4.69, 9.17) is 24.7 Å². The zero-order chi connectivity index (χ0) is 87.0. The summed E-state index contributed by atoms with van der Waals surface area (Å²) in [7, 11) is 0. The van der Waals surface area contributed by atoms with Crippen molar-refractivity contribution in [2.45, 2.75) is 433 Å². The van der Waals surface area contributed by atoms with Crippen LogP contribution in [-0.2, 0) is 49.5 Å². The molecule has 0 aliphatic heterocycles. The molecule has 0 aliphatic rings. The summed E-state index contributed by atoms with van der Waals surface area (Å²) in [5, 5.41) is 9.14. The van der Waals surface area contributed by atoms with E-state index in [-0.39, 0.29) is 105 Å². The molecule has 0 saturated carbocycles. The quantitative estimate of drug-likeness (QED) is 0.0152. The van der Waals surface area contributed by atoms with Gasteiger partial charge in [-0.1, -0.05) is 290 Å². The van der Waals surface area contributed by atoms with Crippen molar-refractivity contribution in [2.24, 2.45) is 0 Å². The number of aromatic nitrogens is 4. The van der Waals surface area contributed by atoms with Gasteiger partial charge in [-0.2, -0.15) is 21.7 Å². The Morgan fingerprint density at radius 2 is 0.891 bits per heavy atom. The van der Waals surface area contributed by atoms with E-state index in [1.165, 1.54) is 196 Å². The Morgan fingerprint density at radius 1 is 0.471 bits per heavy atom. The van der Waals surface area contributed by atoms with Crippen LogP contribution >= 0.6 is 11.8 Å². The van der Waals surface area contributed by atoms with E-state index >= 15 is 0 Å². The highest BCUT2D eigenvalue weighted by atomic mass is 32.2. The van der Waals surface area contributed by atoms with Gasteiger partial charge in [0.2, 0.25) is 17.8 Å². The van der Waals surface area contributed by atoms with Gasteiger partial charge in [0.1, 0.15) is 29.4 Å². The number of amides is 4. The number of hydrogen-bond acceptors (Lipinski definition) is 18. The number of nitrogens with two attached hydrogens (primary N) is 1. The summed E-state index contributed by atoms with van der Waals surface area (Å²) in [4.78, 5) is 137. The molecule has 0 saturated heterocycles. The zero-order valence-corrected chi connectivity index (χ0v) is 77.2. The Labute approximate surface area is 722 Å². The molecule has 1 aromatic carbocycles. The second-order valence-electron chi connectivity index (χ2n) is 35.2. The number of Topliss-reactive ketones (excluding diaryl/α,β-unsaturated/α-hetero) is 2. The number of nitrogens with one attached hydrogen (secondary N) is 4. The minimum Gasteiger partial charge on any atom is -0.462 e. The van der Waals surface area contributed by atoms with Crippen LogP contribution in [0.4, 0.5) is 21.4 Å². The first-order valence-electron chi connectivity index (χ1n) is 47.5. The minimum absolute atomic E-state index is 0.0246. The Bertz CT molecular complexity index is 3280. The molecule has 2 atom stereocenters. The fourth-order valence-electron chi connectivity index (χ4n) is 14.5. The lowest BCUT2D eigenvalue weighted by Crippen LogP contribution is -2.43. The van der Waals surface area contributed by atoms with Crippen LogP contribution in [0.1, 0.15) is 419 Å². The van der Waals surface area contributed by atoms with Crippen molar-refractivity contribution in [2.75, 3.05) is 68.4 Å². The first kappa shape index (κ1) is 106. The number of esters is 2. The fourth-order valence-corrected chi connectivity index (χ4v) is 15.6. The molecule has 2 aromatic heterocycles. The molecule has 680 valence electrons. The van der Waals surface area contributed by atoms with E-state index < -0.39 is 41.2 Å². The third-order valence-electron chi connectivity index (χ3n) is 21.6. The number of ketones is 2. The maximum Gasteiger partial charge on any atom is 0.410 e. The summed E-state index contributed by atoms with van der Waals surface area (Å²) < 4.78 is 25.1. The number of unbranched alkanes of at least 4 members (excludes halogenated alkanes) is 39. The number of nitrogen functional groups attached to an aromatic ring is 1. The predicted molar refractivity (Wildman–Crippen MR) is 487 cm³/mol. The highest BCUT2D eigenvalue weighted by Crippen LogP contribution is 2.24. The van der Waals surface area contributed by atoms with E-state index in [9.17, 15) is 43.2 Å². The van der Waals surface area contributed by atoms with Crippen molar-refractivity contribution in [1.82, 2.24) is 40.0 Å². The van der Waals surface area contributed by atoms with Gasteiger partial charge in [-0.3, -0.25) is 33.3 Å². The average Bonchev–Trinajstić information content (AvgIpc) is 1.64. The van der Waals surface area contributed by atoms with Crippen LogP contribution in [0.2, 0.25) is 0 Å². The third kappa shape index (κ3) is 54.4. The van der Waals surface area contributed by atoms with Gasteiger partial charge in [0.15, 0.2) is 23.0 Å². The fraction of sp³-hybridized carbons (Fsp3) is 0.800. The molecule has 0 spiro atoms. The number of anilines is 2. The number of fused-ring (bicyclic) bond motifs is 1. The number of hydrogen-bond donors (Lipinski definition) is 5. The second-order valence-corrected chi connectivity index (χ2v) is 36.3. The molecule has 0 aliphatic carbocycles. The molecule has 1 unspecified atom stereocenters. The van der Waals surface area contributed by atoms with E-state index in [0.29, 0.717) is 93.8 Å². The van der Waals surface area contributed by atoms with Crippen LogP contribution in [0, 0.1) is 0 Å². The van der Waals surface area contributed by atoms with Crippen LogP contribution in [0.3, 0.4) is 0 Å². The monoisotopic (exact) mass is 1690 g/mol. The van der Waals surface area contributed by atoms with Crippen LogP contribution in [0.25, 0.3) is 11.2 Å². The second kappa shape index (κ2) is 66.9. The number of nitrogens with zero attached hydrogens (tertiary/aromatic N) is 5. The number of aromatic amines is 1. The number of benzene rings is 1. The van der Waals surface area contributed by atoms with E-state index in [1.807, 2.05) is 20.8 Å². The molecule has 6 N–H and O–H groups in total. The topological polar surface area (TPSA) is 306 Å². The number of ether oxygens (including phenoxy) is 4. The maximum absolute atomic E-state index is 14.4. The molecule has 4 amide bonds. The summed E-state index contributed by atoms with van der Waals surface area (Å²) >= 11 is 1.40. The van der Waals surface area contributed by atoms with Crippen molar-refractivity contribution in [3.63, 3.8) is 0 Å². The SMILES string of the molecule is CCCCCCCCCCCCCCCC(=O)N[C@@H](CSCC(COC(=O)CCCCCCCCCCCCCCC)OC(=O)CCCCCCCCCCCCCCC)C(=O)CCCCN(CCCCN(CCCNC(=O)CCC(=O)c1ccc(Cn2c(=O)[nH]c3c(N)nc(NCCCC)nc32)cc1)C(=O)OC(C)(C)C)C(=O)OC(C)(C)C. The van der Waals surface area contributed by atoms with E-state index in [1.54, 1.807) is 54.8 Å². The van der Waals surface area contributed by atoms with Gasteiger partial charge in [-0.15, -0.1) is 0 Å². The van der Waals surface area contributed by atoms with Crippen molar-refractivity contribution >= 4 is 82.2 Å². The largest absolute Gasteiger partial charge is 0.462 e. The highest BCUT2D eigenvalue weighted by molar-refractivity contribution is 7.99. The lowest BCUT2D eigenvalue weighted by atomic mass is 10.0. The van der Waals surface area contributed by atoms with Crippen LogP contribution < -0.4 is 27.4 Å². The number of thioether (sulfide) groups is 1. The molecule has 24 heteroatoms. The molecular formula is C95H166N10O13S. The highest BCUT2D eigenvalue weighted by Gasteiger charge is 2.28. The van der Waals surface area contributed by atoms with Crippen molar-refractivity contribution in [3.05, 3.63) is 45.9 Å². The van der Waals surface area contributed by atoms with Gasteiger partial charge in [-0.05, 0) is 105 Å². The summed E-state index contributed by atoms with van der Waals surface area (Å²) in [6, 6.07) is 6.05. The van der Waals surface area contributed by atoms with Gasteiger partial charge in [0.25, 0.3) is 0 Å². The lowest BCUT2D eigenvalue weighted by Gasteiger charge is -2.29. The van der Waals surface area contributed by atoms with Crippen molar-refractivity contribution < 1.29 is 57.3 Å². The van der Waals surface area contributed by atoms with Crippen molar-refractivity contribution in [3.8, 4) is 0 Å². The molecule has 23 nitrogen and oxygen atoms in total. The first-order chi connectivity index (χ1) is 57.4. The average molecular weight is 1690 g/mol. The van der Waals surface area contributed by atoms with Gasteiger partial charge in [0, 0.05) is 94.9 Å². The van der Waals surface area contributed by atoms with Gasteiger partial charge >= 0.3 is 29.8 Å². The lowest BCUT2D eigenvalue weighted by molar-refractivity contribution is -0.157. The Balaban J connectivity index is 1.63. The standard InChI is InChI=1S/C95H166N10O13S/c1-11-15-19-22-25-28-31-34-37-40-43-46-49-58-84(109)99-80(76-119-75-79(116-86(111)60-51-48-45-42-39-36-33-30-27-24-21-17-13-3)74-115-85(110)59-50-47-44-41-38-35-32-29-26-23-20-16-12-2)82(107)57-52-53-69-103(92(113)117-94(5,6)7)70-54-55-71-104(93(114)118-95(8,9)10)72-56-68-97-83(108)66-65-81(106)78-63-61-77(62-64-78)73-105-89-87(100-91(105)112)88(96)101-90(102-89)98-67-18-14-4/h61-64,79-80H,11-60,65-76H2,1-10H3,(H,97,108)(H,99,109)(H,100,112)(H3,96,98,101,102)/t79?,80-/m0/s1. The molecule has 2 heterocycles. The van der Waals surface area contributed by atoms with E-state index in [2.05, 4.69) is 58.6 Å². The molecular weight excluding hydrogens is 1520 g/mol. The number of carbonyl (C=O) groups is 8. The molecule has 3 aromatic rings. The Morgan fingerprint density at radius 3 is 1.35 bits per heavy atom. The first-order valence-corrected chi connectivity index (χ1v) is 48.6. The summed E-state index contributed by atoms with van der Waals surface area (Å²) in [6.45, 7) is 21.8. The molecule has 119 heavy (non-hydrogen) atoms. The van der Waals surface area contributed by atoms with Gasteiger partial charge in [-0.25, -0.2) is 14.4 Å².